The maximum atomic E-state index is 2.38. The highest BCUT2D eigenvalue weighted by Crippen LogP contribution is 2.34. The molecule has 1 heterocycles. The van der Waals surface area contributed by atoms with Gasteiger partial charge in [0.05, 0.1) is 0 Å². The van der Waals surface area contributed by atoms with Crippen molar-refractivity contribution in [2.45, 2.75) is 39.5 Å². The number of hydrogen-bond donors (Lipinski definition) is 0. The summed E-state index contributed by atoms with van der Waals surface area (Å²) in [5.41, 5.74) is 1.48. The van der Waals surface area contributed by atoms with Gasteiger partial charge in [0, 0.05) is 9.58 Å². The Hall–Kier alpha value is -0.820. The third-order valence-electron chi connectivity index (χ3n) is 2.81. The van der Waals surface area contributed by atoms with E-state index >= 15 is 0 Å². The molecule has 0 saturated carbocycles. The van der Waals surface area contributed by atoms with E-state index in [0.29, 0.717) is 11.8 Å². The van der Waals surface area contributed by atoms with Gasteiger partial charge in [-0.25, -0.2) is 0 Å². The maximum Gasteiger partial charge on any atom is 0.0348 e. The first-order valence-corrected chi connectivity index (χ1v) is 6.43. The van der Waals surface area contributed by atoms with Gasteiger partial charge in [0.15, 0.2) is 0 Å². The first kappa shape index (κ1) is 10.7. The summed E-state index contributed by atoms with van der Waals surface area (Å²) in [4.78, 5) is 1.50. The molecule has 15 heavy (non-hydrogen) atoms. The van der Waals surface area contributed by atoms with Crippen LogP contribution in [0.25, 0.3) is 10.1 Å². The van der Waals surface area contributed by atoms with E-state index in [1.165, 1.54) is 20.5 Å². The minimum atomic E-state index is 0.614. The quantitative estimate of drug-likeness (QED) is 0.654. The van der Waals surface area contributed by atoms with E-state index < -0.39 is 0 Å². The van der Waals surface area contributed by atoms with Crippen molar-refractivity contribution in [3.63, 3.8) is 0 Å². The van der Waals surface area contributed by atoms with Crippen LogP contribution in [0.3, 0.4) is 0 Å². The summed E-state index contributed by atoms with van der Waals surface area (Å²) in [6.07, 6.45) is 0. The van der Waals surface area contributed by atoms with Crippen molar-refractivity contribution in [1.82, 2.24) is 0 Å². The summed E-state index contributed by atoms with van der Waals surface area (Å²) in [5.74, 6) is 1.26. The summed E-state index contributed by atoms with van der Waals surface area (Å²) in [5, 5.41) is 1.46. The standard InChI is InChI=1S/C14H18S/c1-9(2)11-6-5-7-13-12(11)8-14(15-13)10(3)4/h5-10H,1-4H3. The zero-order valence-corrected chi connectivity index (χ0v) is 10.7. The van der Waals surface area contributed by atoms with Crippen LogP contribution in [0.4, 0.5) is 0 Å². The van der Waals surface area contributed by atoms with Gasteiger partial charge in [-0.05, 0) is 34.9 Å². The second kappa shape index (κ2) is 3.97. The van der Waals surface area contributed by atoms with Crippen molar-refractivity contribution in [3.05, 3.63) is 34.7 Å². The number of hydrogen-bond acceptors (Lipinski definition) is 1. The third-order valence-corrected chi connectivity index (χ3v) is 4.21. The smallest absolute Gasteiger partial charge is 0.0348 e. The molecule has 80 valence electrons. The van der Waals surface area contributed by atoms with E-state index in [1.807, 2.05) is 11.3 Å². The van der Waals surface area contributed by atoms with Gasteiger partial charge in [-0.1, -0.05) is 39.8 Å². The molecule has 2 rings (SSSR count). The molecule has 0 unspecified atom stereocenters. The summed E-state index contributed by atoms with van der Waals surface area (Å²) in [6.45, 7) is 9.06. The number of thiophene rings is 1. The van der Waals surface area contributed by atoms with Gasteiger partial charge in [-0.15, -0.1) is 11.3 Å². The fourth-order valence-corrected chi connectivity index (χ4v) is 2.99. The first-order chi connectivity index (χ1) is 7.09. The minimum Gasteiger partial charge on any atom is -0.140 e. The molecule has 0 aliphatic rings. The van der Waals surface area contributed by atoms with Gasteiger partial charge < -0.3 is 0 Å². The predicted molar refractivity (Wildman–Crippen MR) is 70.0 cm³/mol. The molecule has 0 amide bonds. The van der Waals surface area contributed by atoms with E-state index in [-0.39, 0.29) is 0 Å². The van der Waals surface area contributed by atoms with Crippen molar-refractivity contribution in [3.8, 4) is 0 Å². The van der Waals surface area contributed by atoms with Crippen LogP contribution < -0.4 is 0 Å². The van der Waals surface area contributed by atoms with Crippen LogP contribution in [0.5, 0.6) is 0 Å². The van der Waals surface area contributed by atoms with Crippen LogP contribution in [-0.2, 0) is 0 Å². The van der Waals surface area contributed by atoms with Crippen molar-refractivity contribution in [1.29, 1.82) is 0 Å². The molecule has 0 radical (unpaired) electrons. The van der Waals surface area contributed by atoms with Crippen molar-refractivity contribution in [2.24, 2.45) is 0 Å². The van der Waals surface area contributed by atoms with Crippen LogP contribution in [0.2, 0.25) is 0 Å². The van der Waals surface area contributed by atoms with Crippen LogP contribution in [0, 0.1) is 0 Å². The van der Waals surface area contributed by atoms with Crippen LogP contribution in [-0.4, -0.2) is 0 Å². The largest absolute Gasteiger partial charge is 0.140 e. The van der Waals surface area contributed by atoms with Crippen molar-refractivity contribution >= 4 is 21.4 Å². The molecule has 0 aliphatic carbocycles. The highest BCUT2D eigenvalue weighted by Gasteiger charge is 2.10. The zero-order valence-electron chi connectivity index (χ0n) is 9.87. The highest BCUT2D eigenvalue weighted by atomic mass is 32.1. The fourth-order valence-electron chi connectivity index (χ4n) is 1.89. The molecule has 0 aliphatic heterocycles. The molecule has 1 heteroatoms. The molecule has 0 saturated heterocycles. The Morgan fingerprint density at radius 3 is 2.33 bits per heavy atom. The topological polar surface area (TPSA) is 0 Å². The summed E-state index contributed by atoms with van der Waals surface area (Å²) < 4.78 is 1.44. The lowest BCUT2D eigenvalue weighted by molar-refractivity contribution is 0.874. The lowest BCUT2D eigenvalue weighted by atomic mass is 9.99. The second-order valence-corrected chi connectivity index (χ2v) is 5.83. The molecule has 0 N–H and O–H groups in total. The SMILES string of the molecule is CC(C)c1cc2c(C(C)C)cccc2s1. The Bertz CT molecular complexity index is 463. The van der Waals surface area contributed by atoms with Crippen LogP contribution >= 0.6 is 11.3 Å². The van der Waals surface area contributed by atoms with Crippen molar-refractivity contribution < 1.29 is 0 Å². The Labute approximate surface area is 95.9 Å². The van der Waals surface area contributed by atoms with Gasteiger partial charge in [-0.3, -0.25) is 0 Å². The van der Waals surface area contributed by atoms with Gasteiger partial charge in [-0.2, -0.15) is 0 Å². The lowest BCUT2D eigenvalue weighted by Crippen LogP contribution is -1.86. The summed E-state index contributed by atoms with van der Waals surface area (Å²) in [7, 11) is 0. The normalized spacial score (nSPS) is 11.9. The van der Waals surface area contributed by atoms with Gasteiger partial charge >= 0.3 is 0 Å². The Kier molecular flexibility index (Phi) is 2.83. The molecular formula is C14H18S. The molecule has 2 aromatic rings. The van der Waals surface area contributed by atoms with E-state index in [1.54, 1.807) is 0 Å². The van der Waals surface area contributed by atoms with E-state index in [4.69, 9.17) is 0 Å². The molecule has 0 fully saturated rings. The number of fused-ring (bicyclic) bond motifs is 1. The number of rotatable bonds is 2. The van der Waals surface area contributed by atoms with E-state index in [9.17, 15) is 0 Å². The van der Waals surface area contributed by atoms with Crippen molar-refractivity contribution in [2.75, 3.05) is 0 Å². The van der Waals surface area contributed by atoms with Gasteiger partial charge in [0.2, 0.25) is 0 Å². The maximum absolute atomic E-state index is 2.38. The summed E-state index contributed by atoms with van der Waals surface area (Å²) >= 11 is 1.94. The van der Waals surface area contributed by atoms with Crippen LogP contribution in [0.15, 0.2) is 24.3 Å². The fraction of sp³-hybridized carbons (Fsp3) is 0.429. The molecule has 0 nitrogen and oxygen atoms in total. The van der Waals surface area contributed by atoms with Gasteiger partial charge in [0.1, 0.15) is 0 Å². The minimum absolute atomic E-state index is 0.614. The monoisotopic (exact) mass is 218 g/mol. The molecule has 1 aromatic heterocycles. The average molecular weight is 218 g/mol. The average Bonchev–Trinajstić information content (AvgIpc) is 2.60. The summed E-state index contributed by atoms with van der Waals surface area (Å²) in [6, 6.07) is 9.04. The number of benzene rings is 1. The Morgan fingerprint density at radius 1 is 1.00 bits per heavy atom. The van der Waals surface area contributed by atoms with Crippen LogP contribution in [0.1, 0.15) is 50.0 Å². The van der Waals surface area contributed by atoms with E-state index in [2.05, 4.69) is 52.0 Å². The lowest BCUT2D eigenvalue weighted by Gasteiger charge is -2.05. The second-order valence-electron chi connectivity index (χ2n) is 4.72. The molecular weight excluding hydrogens is 200 g/mol. The third kappa shape index (κ3) is 1.93. The zero-order chi connectivity index (χ0) is 11.0. The van der Waals surface area contributed by atoms with E-state index in [0.717, 1.165) is 0 Å². The van der Waals surface area contributed by atoms with Gasteiger partial charge in [0.25, 0.3) is 0 Å². The Balaban J connectivity index is 2.64. The molecule has 0 atom stereocenters. The Morgan fingerprint density at radius 2 is 1.73 bits per heavy atom. The molecule has 0 bridgehead atoms. The molecule has 1 aromatic carbocycles. The predicted octanol–water partition coefficient (Wildman–Crippen LogP) is 5.15. The first-order valence-electron chi connectivity index (χ1n) is 5.62. The molecule has 0 spiro atoms. The highest BCUT2D eigenvalue weighted by molar-refractivity contribution is 7.19.